The van der Waals surface area contributed by atoms with E-state index in [0.717, 1.165) is 56.7 Å². The number of hydrogen-bond donors (Lipinski definition) is 4. The van der Waals surface area contributed by atoms with Crippen LogP contribution in [0.1, 0.15) is 59.5 Å². The van der Waals surface area contributed by atoms with Gasteiger partial charge in [0.05, 0.1) is 18.2 Å². The van der Waals surface area contributed by atoms with E-state index in [1.54, 1.807) is 12.1 Å². The summed E-state index contributed by atoms with van der Waals surface area (Å²) in [6.45, 7) is 1.34. The Balaban J connectivity index is 1.45. The number of carbonyl (C=O) groups excluding carboxylic acids is 2. The van der Waals surface area contributed by atoms with Crippen molar-refractivity contribution in [2.24, 2.45) is 0 Å². The van der Waals surface area contributed by atoms with Gasteiger partial charge in [0, 0.05) is 13.1 Å². The highest BCUT2D eigenvalue weighted by Gasteiger charge is 2.11. The first-order valence-corrected chi connectivity index (χ1v) is 12.2. The summed E-state index contributed by atoms with van der Waals surface area (Å²) in [6.07, 6.45) is 6.33. The number of aromatic amines is 2. The van der Waals surface area contributed by atoms with Gasteiger partial charge in [-0.2, -0.15) is 0 Å². The molecule has 4 N–H and O–H groups in total. The molecule has 2 heterocycles. The van der Waals surface area contributed by atoms with Gasteiger partial charge in [-0.15, -0.1) is 0 Å². The predicted molar refractivity (Wildman–Crippen MR) is 125 cm³/mol. The molecule has 2 rings (SSSR count). The lowest BCUT2D eigenvalue weighted by atomic mass is 10.1. The molecule has 0 aliphatic rings. The fraction of sp³-hybridized carbons (Fsp3) is 0.444. The SMILES string of the molecule is O=C(NCCCCCCCCNC(=O)c1cc(Br)c(Br)[nH]1)c1cc(Br)c(Br)[nH]1. The van der Waals surface area contributed by atoms with E-state index in [0.29, 0.717) is 24.5 Å². The van der Waals surface area contributed by atoms with E-state index in [1.165, 1.54) is 0 Å². The zero-order chi connectivity index (χ0) is 20.5. The maximum atomic E-state index is 12.0. The van der Waals surface area contributed by atoms with Crippen molar-refractivity contribution < 1.29 is 9.59 Å². The van der Waals surface area contributed by atoms with Crippen LogP contribution in [0.4, 0.5) is 0 Å². The van der Waals surface area contributed by atoms with Crippen LogP contribution in [0.15, 0.2) is 30.3 Å². The summed E-state index contributed by atoms with van der Waals surface area (Å²) in [5.74, 6) is -0.188. The maximum absolute atomic E-state index is 12.0. The molecule has 2 aromatic heterocycles. The monoisotopic (exact) mass is 642 g/mol. The van der Waals surface area contributed by atoms with Gasteiger partial charge in [-0.1, -0.05) is 25.7 Å². The second kappa shape index (κ2) is 12.2. The van der Waals surface area contributed by atoms with E-state index in [1.807, 2.05) is 0 Å². The zero-order valence-electron chi connectivity index (χ0n) is 15.1. The van der Waals surface area contributed by atoms with E-state index in [2.05, 4.69) is 84.3 Å². The Morgan fingerprint density at radius 1 is 0.679 bits per heavy atom. The highest BCUT2D eigenvalue weighted by Crippen LogP contribution is 2.23. The standard InChI is InChI=1S/C18H22Br4N4O2/c19-11-9-13(25-15(11)21)17(27)23-7-5-3-1-2-4-6-8-24-18(28)14-10-12(20)16(22)26-14/h9-10,25-26H,1-8H2,(H,23,27)(H,24,28). The van der Waals surface area contributed by atoms with Crippen molar-refractivity contribution in [2.75, 3.05) is 13.1 Å². The van der Waals surface area contributed by atoms with Crippen LogP contribution in [0.2, 0.25) is 0 Å². The number of aromatic nitrogens is 2. The van der Waals surface area contributed by atoms with Gasteiger partial charge >= 0.3 is 0 Å². The molecule has 0 bridgehead atoms. The average Bonchev–Trinajstić information content (AvgIpc) is 3.18. The van der Waals surface area contributed by atoms with Crippen LogP contribution in [0.25, 0.3) is 0 Å². The third-order valence-electron chi connectivity index (χ3n) is 4.11. The van der Waals surface area contributed by atoms with E-state index >= 15 is 0 Å². The van der Waals surface area contributed by atoms with Gasteiger partial charge < -0.3 is 20.6 Å². The predicted octanol–water partition coefficient (Wildman–Crippen LogP) is 5.89. The van der Waals surface area contributed by atoms with Crippen molar-refractivity contribution in [3.05, 3.63) is 41.7 Å². The molecule has 0 aliphatic carbocycles. The molecule has 0 fully saturated rings. The minimum atomic E-state index is -0.0942. The van der Waals surface area contributed by atoms with E-state index in [4.69, 9.17) is 0 Å². The van der Waals surface area contributed by atoms with Crippen LogP contribution < -0.4 is 10.6 Å². The quantitative estimate of drug-likeness (QED) is 0.230. The second-order valence-electron chi connectivity index (χ2n) is 6.32. The summed E-state index contributed by atoms with van der Waals surface area (Å²) in [7, 11) is 0. The number of hydrogen-bond acceptors (Lipinski definition) is 2. The molecule has 0 radical (unpaired) electrons. The Hall–Kier alpha value is -0.580. The lowest BCUT2D eigenvalue weighted by molar-refractivity contribution is 0.0940. The highest BCUT2D eigenvalue weighted by molar-refractivity contribution is 9.13. The van der Waals surface area contributed by atoms with Gasteiger partial charge in [-0.25, -0.2) is 0 Å². The number of nitrogens with one attached hydrogen (secondary N) is 4. The van der Waals surface area contributed by atoms with E-state index in [-0.39, 0.29) is 11.8 Å². The molecule has 154 valence electrons. The van der Waals surface area contributed by atoms with E-state index < -0.39 is 0 Å². The zero-order valence-corrected chi connectivity index (χ0v) is 21.5. The minimum Gasteiger partial charge on any atom is -0.351 e. The molecular formula is C18H22Br4N4O2. The average molecular weight is 646 g/mol. The molecule has 10 heteroatoms. The number of rotatable bonds is 11. The number of H-pyrrole nitrogens is 2. The molecular weight excluding hydrogens is 624 g/mol. The van der Waals surface area contributed by atoms with Gasteiger partial charge in [0.1, 0.15) is 11.4 Å². The van der Waals surface area contributed by atoms with Crippen molar-refractivity contribution in [1.29, 1.82) is 0 Å². The maximum Gasteiger partial charge on any atom is 0.267 e. The van der Waals surface area contributed by atoms with Crippen molar-refractivity contribution in [3.8, 4) is 0 Å². The van der Waals surface area contributed by atoms with Gasteiger partial charge in [0.2, 0.25) is 0 Å². The summed E-state index contributed by atoms with van der Waals surface area (Å²) in [4.78, 5) is 29.9. The summed E-state index contributed by atoms with van der Waals surface area (Å²) >= 11 is 13.3. The van der Waals surface area contributed by atoms with Crippen LogP contribution in [0.5, 0.6) is 0 Å². The van der Waals surface area contributed by atoms with Gasteiger partial charge in [0.15, 0.2) is 0 Å². The third-order valence-corrected chi connectivity index (χ3v) is 7.68. The fourth-order valence-corrected chi connectivity index (χ4v) is 3.92. The summed E-state index contributed by atoms with van der Waals surface area (Å²) in [5.41, 5.74) is 1.08. The Morgan fingerprint density at radius 3 is 1.36 bits per heavy atom. The number of carbonyl (C=O) groups is 2. The third kappa shape index (κ3) is 7.68. The second-order valence-corrected chi connectivity index (χ2v) is 9.62. The summed E-state index contributed by atoms with van der Waals surface area (Å²) in [5, 5.41) is 5.83. The summed E-state index contributed by atoms with van der Waals surface area (Å²) in [6, 6.07) is 3.51. The van der Waals surface area contributed by atoms with Crippen molar-refractivity contribution >= 4 is 75.5 Å². The van der Waals surface area contributed by atoms with Crippen LogP contribution >= 0.6 is 63.7 Å². The fourth-order valence-electron chi connectivity index (χ4n) is 2.60. The van der Waals surface area contributed by atoms with Crippen LogP contribution in [-0.2, 0) is 0 Å². The van der Waals surface area contributed by atoms with Crippen LogP contribution in [0, 0.1) is 0 Å². The molecule has 0 atom stereocenters. The smallest absolute Gasteiger partial charge is 0.267 e. The Morgan fingerprint density at radius 2 is 1.04 bits per heavy atom. The molecule has 0 spiro atoms. The van der Waals surface area contributed by atoms with Crippen LogP contribution in [-0.4, -0.2) is 34.9 Å². The van der Waals surface area contributed by atoms with E-state index in [9.17, 15) is 9.59 Å². The summed E-state index contributed by atoms with van der Waals surface area (Å²) < 4.78 is 3.20. The highest BCUT2D eigenvalue weighted by atomic mass is 79.9. The minimum absolute atomic E-state index is 0.0942. The largest absolute Gasteiger partial charge is 0.351 e. The molecule has 6 nitrogen and oxygen atoms in total. The van der Waals surface area contributed by atoms with Crippen LogP contribution in [0.3, 0.4) is 0 Å². The van der Waals surface area contributed by atoms with Crippen molar-refractivity contribution in [1.82, 2.24) is 20.6 Å². The first kappa shape index (κ1) is 23.7. The topological polar surface area (TPSA) is 89.8 Å². The molecule has 0 aromatic carbocycles. The normalized spacial score (nSPS) is 10.9. The van der Waals surface area contributed by atoms with Gasteiger partial charge in [-0.3, -0.25) is 9.59 Å². The first-order valence-electron chi connectivity index (χ1n) is 9.03. The molecule has 2 aromatic rings. The van der Waals surface area contributed by atoms with Crippen molar-refractivity contribution in [2.45, 2.75) is 38.5 Å². The molecule has 2 amide bonds. The molecule has 0 aliphatic heterocycles. The lowest BCUT2D eigenvalue weighted by Gasteiger charge is -2.05. The van der Waals surface area contributed by atoms with Gasteiger partial charge in [0.25, 0.3) is 11.8 Å². The first-order chi connectivity index (χ1) is 13.4. The van der Waals surface area contributed by atoms with Gasteiger partial charge in [-0.05, 0) is 88.7 Å². The molecule has 0 saturated heterocycles. The number of amides is 2. The molecule has 0 saturated carbocycles. The Bertz CT molecular complexity index is 698. The lowest BCUT2D eigenvalue weighted by Crippen LogP contribution is -2.24. The Labute approximate surface area is 197 Å². The van der Waals surface area contributed by atoms with Crippen molar-refractivity contribution in [3.63, 3.8) is 0 Å². The Kier molecular flexibility index (Phi) is 10.3. The number of unbranched alkanes of at least 4 members (excludes halogenated alkanes) is 5. The molecule has 28 heavy (non-hydrogen) atoms. The molecule has 0 unspecified atom stereocenters. The number of halogens is 4.